The summed E-state index contributed by atoms with van der Waals surface area (Å²) in [5, 5.41) is 0. The van der Waals surface area contributed by atoms with Gasteiger partial charge in [-0.05, 0) is 25.7 Å². The lowest BCUT2D eigenvalue weighted by molar-refractivity contribution is -0.240. The second kappa shape index (κ2) is 7.34. The van der Waals surface area contributed by atoms with Crippen molar-refractivity contribution < 1.29 is 9.47 Å². The molecule has 13 heavy (non-hydrogen) atoms. The van der Waals surface area contributed by atoms with Gasteiger partial charge in [0, 0.05) is 13.2 Å². The van der Waals surface area contributed by atoms with E-state index >= 15 is 0 Å². The van der Waals surface area contributed by atoms with Crippen LogP contribution in [0.15, 0.2) is 0 Å². The Bertz CT molecular complexity index is 98.7. The third-order valence-electron chi connectivity index (χ3n) is 2.22. The topological polar surface area (TPSA) is 18.5 Å². The molecular formula is C11H24O2. The molecule has 0 aliphatic rings. The van der Waals surface area contributed by atoms with Gasteiger partial charge in [0.25, 0.3) is 0 Å². The molecule has 0 amide bonds. The van der Waals surface area contributed by atoms with Crippen LogP contribution >= 0.6 is 0 Å². The van der Waals surface area contributed by atoms with Crippen molar-refractivity contribution in [3.63, 3.8) is 0 Å². The maximum Gasteiger partial charge on any atom is 0.167 e. The van der Waals surface area contributed by atoms with Crippen molar-refractivity contribution in [3.05, 3.63) is 0 Å². The van der Waals surface area contributed by atoms with Crippen LogP contribution in [0.25, 0.3) is 0 Å². The van der Waals surface area contributed by atoms with Crippen LogP contribution in [0.2, 0.25) is 0 Å². The molecule has 2 nitrogen and oxygen atoms in total. The molecule has 0 aromatic carbocycles. The van der Waals surface area contributed by atoms with Gasteiger partial charge in [0.15, 0.2) is 5.79 Å². The summed E-state index contributed by atoms with van der Waals surface area (Å²) in [5.41, 5.74) is 0. The molecule has 0 N–H and O–H groups in total. The van der Waals surface area contributed by atoms with Crippen LogP contribution in [0.1, 0.15) is 53.4 Å². The predicted molar refractivity (Wildman–Crippen MR) is 55.8 cm³/mol. The Morgan fingerprint density at radius 1 is 0.769 bits per heavy atom. The third kappa shape index (κ3) is 4.63. The Labute approximate surface area is 82.6 Å². The third-order valence-corrected chi connectivity index (χ3v) is 2.22. The van der Waals surface area contributed by atoms with E-state index in [2.05, 4.69) is 27.7 Å². The molecular weight excluding hydrogens is 164 g/mol. The van der Waals surface area contributed by atoms with Crippen LogP contribution in [0, 0.1) is 0 Å². The molecule has 0 aromatic heterocycles. The first-order valence-electron chi connectivity index (χ1n) is 5.52. The van der Waals surface area contributed by atoms with Gasteiger partial charge in [0.1, 0.15) is 0 Å². The lowest BCUT2D eigenvalue weighted by Crippen LogP contribution is -2.35. The van der Waals surface area contributed by atoms with Crippen molar-refractivity contribution in [1.29, 1.82) is 0 Å². The van der Waals surface area contributed by atoms with Crippen molar-refractivity contribution in [2.75, 3.05) is 13.2 Å². The fourth-order valence-electron chi connectivity index (χ4n) is 1.28. The minimum atomic E-state index is -0.313. The molecule has 0 radical (unpaired) electrons. The fourth-order valence-corrected chi connectivity index (χ4v) is 1.28. The molecule has 0 saturated carbocycles. The maximum atomic E-state index is 5.76. The van der Waals surface area contributed by atoms with Gasteiger partial charge in [0.05, 0.1) is 0 Å². The van der Waals surface area contributed by atoms with Crippen molar-refractivity contribution in [3.8, 4) is 0 Å². The molecule has 0 atom stereocenters. The normalized spacial score (nSPS) is 12.0. The highest BCUT2D eigenvalue weighted by atomic mass is 16.7. The standard InChI is InChI=1S/C11H24O2/c1-5-9-12-11(7-3,8-4)13-10-6-2/h5-10H2,1-4H3. The zero-order valence-corrected chi connectivity index (χ0v) is 9.56. The number of hydrogen-bond acceptors (Lipinski definition) is 2. The molecule has 0 fully saturated rings. The Morgan fingerprint density at radius 3 is 1.38 bits per heavy atom. The second-order valence-electron chi connectivity index (χ2n) is 3.31. The lowest BCUT2D eigenvalue weighted by Gasteiger charge is -2.31. The number of hydrogen-bond donors (Lipinski definition) is 0. The highest BCUT2D eigenvalue weighted by molar-refractivity contribution is 4.65. The van der Waals surface area contributed by atoms with Gasteiger partial charge >= 0.3 is 0 Å². The summed E-state index contributed by atoms with van der Waals surface area (Å²) < 4.78 is 11.5. The van der Waals surface area contributed by atoms with E-state index in [9.17, 15) is 0 Å². The number of rotatable bonds is 8. The quantitative estimate of drug-likeness (QED) is 0.544. The van der Waals surface area contributed by atoms with Crippen LogP contribution < -0.4 is 0 Å². The molecule has 0 saturated heterocycles. The summed E-state index contributed by atoms with van der Waals surface area (Å²) in [5.74, 6) is -0.313. The van der Waals surface area contributed by atoms with E-state index in [0.29, 0.717) is 0 Å². The van der Waals surface area contributed by atoms with Crippen molar-refractivity contribution in [1.82, 2.24) is 0 Å². The zero-order chi connectivity index (χ0) is 10.2. The molecule has 2 heteroatoms. The van der Waals surface area contributed by atoms with Gasteiger partial charge in [-0.15, -0.1) is 0 Å². The first-order valence-corrected chi connectivity index (χ1v) is 5.52. The van der Waals surface area contributed by atoms with E-state index < -0.39 is 0 Å². The molecule has 0 aromatic rings. The van der Waals surface area contributed by atoms with Crippen molar-refractivity contribution in [2.24, 2.45) is 0 Å². The van der Waals surface area contributed by atoms with E-state index in [0.717, 1.165) is 38.9 Å². The van der Waals surface area contributed by atoms with Gasteiger partial charge in [-0.3, -0.25) is 0 Å². The van der Waals surface area contributed by atoms with Crippen LogP contribution in [0.3, 0.4) is 0 Å². The summed E-state index contributed by atoms with van der Waals surface area (Å²) >= 11 is 0. The zero-order valence-electron chi connectivity index (χ0n) is 9.56. The van der Waals surface area contributed by atoms with E-state index in [1.165, 1.54) is 0 Å². The van der Waals surface area contributed by atoms with Crippen molar-refractivity contribution >= 4 is 0 Å². The van der Waals surface area contributed by atoms with Gasteiger partial charge in [-0.25, -0.2) is 0 Å². The summed E-state index contributed by atoms with van der Waals surface area (Å²) in [4.78, 5) is 0. The van der Waals surface area contributed by atoms with Crippen LogP contribution in [0.5, 0.6) is 0 Å². The maximum absolute atomic E-state index is 5.76. The molecule has 0 aliphatic carbocycles. The molecule has 0 unspecified atom stereocenters. The smallest absolute Gasteiger partial charge is 0.167 e. The Balaban J connectivity index is 3.97. The van der Waals surface area contributed by atoms with Crippen LogP contribution in [-0.2, 0) is 9.47 Å². The Morgan fingerprint density at radius 2 is 1.15 bits per heavy atom. The average Bonchev–Trinajstić information content (AvgIpc) is 2.20. The molecule has 0 aliphatic heterocycles. The number of ether oxygens (including phenoxy) is 2. The van der Waals surface area contributed by atoms with Gasteiger partial charge in [-0.2, -0.15) is 0 Å². The SMILES string of the molecule is CCCOC(CC)(CC)OCCC. The molecule has 80 valence electrons. The highest BCUT2D eigenvalue weighted by Gasteiger charge is 2.26. The average molecular weight is 188 g/mol. The molecule has 0 heterocycles. The van der Waals surface area contributed by atoms with Crippen LogP contribution in [0.4, 0.5) is 0 Å². The summed E-state index contributed by atoms with van der Waals surface area (Å²) in [6.45, 7) is 10.1. The van der Waals surface area contributed by atoms with Crippen molar-refractivity contribution in [2.45, 2.75) is 59.2 Å². The largest absolute Gasteiger partial charge is 0.350 e. The highest BCUT2D eigenvalue weighted by Crippen LogP contribution is 2.22. The van der Waals surface area contributed by atoms with Gasteiger partial charge in [0.2, 0.25) is 0 Å². The molecule has 0 rings (SSSR count). The molecule has 0 bridgehead atoms. The van der Waals surface area contributed by atoms with E-state index in [1.54, 1.807) is 0 Å². The predicted octanol–water partition coefficient (Wildman–Crippen LogP) is 3.36. The van der Waals surface area contributed by atoms with E-state index in [1.807, 2.05) is 0 Å². The monoisotopic (exact) mass is 188 g/mol. The minimum absolute atomic E-state index is 0.313. The first kappa shape index (κ1) is 12.9. The van der Waals surface area contributed by atoms with Gasteiger partial charge < -0.3 is 9.47 Å². The first-order chi connectivity index (χ1) is 6.24. The second-order valence-corrected chi connectivity index (χ2v) is 3.31. The fraction of sp³-hybridized carbons (Fsp3) is 1.00. The lowest BCUT2D eigenvalue weighted by atomic mass is 10.1. The summed E-state index contributed by atoms with van der Waals surface area (Å²) in [7, 11) is 0. The van der Waals surface area contributed by atoms with Crippen LogP contribution in [-0.4, -0.2) is 19.0 Å². The van der Waals surface area contributed by atoms with Gasteiger partial charge in [-0.1, -0.05) is 27.7 Å². The molecule has 0 spiro atoms. The Kier molecular flexibility index (Phi) is 7.29. The summed E-state index contributed by atoms with van der Waals surface area (Å²) in [6.07, 6.45) is 3.97. The van der Waals surface area contributed by atoms with E-state index in [4.69, 9.17) is 9.47 Å². The summed E-state index contributed by atoms with van der Waals surface area (Å²) in [6, 6.07) is 0. The van der Waals surface area contributed by atoms with E-state index in [-0.39, 0.29) is 5.79 Å². The Hall–Kier alpha value is -0.0800. The minimum Gasteiger partial charge on any atom is -0.350 e.